The van der Waals surface area contributed by atoms with Gasteiger partial charge in [0.1, 0.15) is 5.75 Å². The van der Waals surface area contributed by atoms with Crippen LogP contribution in [0.5, 0.6) is 5.75 Å². The van der Waals surface area contributed by atoms with Crippen LogP contribution in [0.2, 0.25) is 0 Å². The molecule has 3 rings (SSSR count). The summed E-state index contributed by atoms with van der Waals surface area (Å²) in [6.45, 7) is 2.86. The molecule has 0 bridgehead atoms. The highest BCUT2D eigenvalue weighted by Crippen LogP contribution is 2.27. The second kappa shape index (κ2) is 4.76. The van der Waals surface area contributed by atoms with E-state index in [-0.39, 0.29) is 0 Å². The Balaban J connectivity index is 2.14. The largest absolute Gasteiger partial charge is 0.494 e. The number of fused-ring (bicyclic) bond motifs is 3. The first-order valence-electron chi connectivity index (χ1n) is 5.97. The first-order chi connectivity index (χ1) is 8.78. The normalized spacial score (nSPS) is 11.2. The Morgan fingerprint density at radius 1 is 1.28 bits per heavy atom. The molecule has 4 heteroatoms. The maximum atomic E-state index is 5.64. The molecule has 92 valence electrons. The van der Waals surface area contributed by atoms with E-state index >= 15 is 0 Å². The average Bonchev–Trinajstić information content (AvgIpc) is 2.72. The van der Waals surface area contributed by atoms with Crippen molar-refractivity contribution < 1.29 is 4.74 Å². The number of aromatic amines is 1. The van der Waals surface area contributed by atoms with E-state index < -0.39 is 0 Å². The molecule has 3 aromatic rings. The summed E-state index contributed by atoms with van der Waals surface area (Å²) in [5, 5.41) is 1.14. The van der Waals surface area contributed by atoms with Crippen molar-refractivity contribution >= 4 is 44.5 Å². The second-order valence-electron chi connectivity index (χ2n) is 4.23. The predicted octanol–water partition coefficient (Wildman–Crippen LogP) is 4.11. The van der Waals surface area contributed by atoms with Crippen LogP contribution in [0.1, 0.15) is 13.3 Å². The Morgan fingerprint density at radius 2 is 2.17 bits per heavy atom. The van der Waals surface area contributed by atoms with Gasteiger partial charge in [0.25, 0.3) is 0 Å². The highest BCUT2D eigenvalue weighted by molar-refractivity contribution is 14.1. The molecule has 0 saturated carbocycles. The van der Waals surface area contributed by atoms with Gasteiger partial charge in [0.05, 0.1) is 23.2 Å². The maximum Gasteiger partial charge on any atom is 0.121 e. The van der Waals surface area contributed by atoms with Crippen LogP contribution >= 0.6 is 22.6 Å². The Labute approximate surface area is 119 Å². The monoisotopic (exact) mass is 352 g/mol. The van der Waals surface area contributed by atoms with Crippen LogP contribution in [0.15, 0.2) is 30.5 Å². The summed E-state index contributed by atoms with van der Waals surface area (Å²) >= 11 is 2.27. The third-order valence-corrected chi connectivity index (χ3v) is 3.43. The minimum absolute atomic E-state index is 0.752. The zero-order valence-corrected chi connectivity index (χ0v) is 12.2. The van der Waals surface area contributed by atoms with Crippen LogP contribution in [-0.4, -0.2) is 16.6 Å². The first-order valence-corrected chi connectivity index (χ1v) is 7.05. The van der Waals surface area contributed by atoms with Gasteiger partial charge in [-0.1, -0.05) is 6.92 Å². The van der Waals surface area contributed by atoms with Crippen molar-refractivity contribution in [1.29, 1.82) is 0 Å². The fourth-order valence-corrected chi connectivity index (χ4v) is 2.49. The van der Waals surface area contributed by atoms with Crippen molar-refractivity contribution in [2.24, 2.45) is 0 Å². The van der Waals surface area contributed by atoms with E-state index in [1.807, 2.05) is 18.3 Å². The van der Waals surface area contributed by atoms with Crippen molar-refractivity contribution in [3.63, 3.8) is 0 Å². The number of pyridine rings is 1. The summed E-state index contributed by atoms with van der Waals surface area (Å²) in [6.07, 6.45) is 2.90. The second-order valence-corrected chi connectivity index (χ2v) is 5.48. The lowest BCUT2D eigenvalue weighted by atomic mass is 10.2. The van der Waals surface area contributed by atoms with Gasteiger partial charge in [0.2, 0.25) is 0 Å². The molecule has 18 heavy (non-hydrogen) atoms. The van der Waals surface area contributed by atoms with Crippen molar-refractivity contribution in [2.45, 2.75) is 13.3 Å². The number of ether oxygens (including phenoxy) is 1. The third-order valence-electron chi connectivity index (χ3n) is 2.84. The van der Waals surface area contributed by atoms with Crippen LogP contribution in [-0.2, 0) is 0 Å². The van der Waals surface area contributed by atoms with Gasteiger partial charge in [-0.15, -0.1) is 0 Å². The SMILES string of the molecule is CCCOc1ccc2c(c1)[nH]c1cc(I)cnc12. The fourth-order valence-electron chi connectivity index (χ4n) is 2.04. The van der Waals surface area contributed by atoms with Gasteiger partial charge in [-0.2, -0.15) is 0 Å². The molecule has 1 N–H and O–H groups in total. The number of nitrogens with zero attached hydrogens (tertiary/aromatic N) is 1. The number of benzene rings is 1. The average molecular weight is 352 g/mol. The minimum atomic E-state index is 0.752. The highest BCUT2D eigenvalue weighted by Gasteiger charge is 2.06. The van der Waals surface area contributed by atoms with Gasteiger partial charge < -0.3 is 9.72 Å². The van der Waals surface area contributed by atoms with Crippen LogP contribution < -0.4 is 4.74 Å². The van der Waals surface area contributed by atoms with Gasteiger partial charge in [-0.25, -0.2) is 0 Å². The number of hydrogen-bond acceptors (Lipinski definition) is 2. The molecular formula is C14H13IN2O. The summed E-state index contributed by atoms with van der Waals surface area (Å²) in [7, 11) is 0. The quantitative estimate of drug-likeness (QED) is 0.721. The van der Waals surface area contributed by atoms with Gasteiger partial charge in [0, 0.05) is 21.2 Å². The third kappa shape index (κ3) is 2.05. The topological polar surface area (TPSA) is 37.9 Å². The van der Waals surface area contributed by atoms with E-state index in [2.05, 4.69) is 51.6 Å². The number of hydrogen-bond donors (Lipinski definition) is 1. The van der Waals surface area contributed by atoms with Gasteiger partial charge >= 0.3 is 0 Å². The van der Waals surface area contributed by atoms with Crippen LogP contribution in [0.25, 0.3) is 21.9 Å². The van der Waals surface area contributed by atoms with Crippen molar-refractivity contribution in [1.82, 2.24) is 9.97 Å². The van der Waals surface area contributed by atoms with Crippen molar-refractivity contribution in [3.8, 4) is 5.75 Å². The van der Waals surface area contributed by atoms with E-state index in [4.69, 9.17) is 4.74 Å². The predicted molar refractivity (Wildman–Crippen MR) is 82.1 cm³/mol. The Hall–Kier alpha value is -1.30. The number of nitrogens with one attached hydrogen (secondary N) is 1. The summed E-state index contributed by atoms with van der Waals surface area (Å²) in [5.41, 5.74) is 3.17. The first kappa shape index (κ1) is 11.8. The zero-order chi connectivity index (χ0) is 12.5. The summed E-state index contributed by atoms with van der Waals surface area (Å²) in [5.74, 6) is 0.908. The smallest absolute Gasteiger partial charge is 0.121 e. The van der Waals surface area contributed by atoms with E-state index in [0.717, 1.165) is 44.3 Å². The molecule has 0 saturated heterocycles. The van der Waals surface area contributed by atoms with E-state index in [9.17, 15) is 0 Å². The van der Waals surface area contributed by atoms with Crippen molar-refractivity contribution in [2.75, 3.05) is 6.61 Å². The molecule has 0 aliphatic carbocycles. The highest BCUT2D eigenvalue weighted by atomic mass is 127. The van der Waals surface area contributed by atoms with Gasteiger partial charge in [0.15, 0.2) is 0 Å². The number of H-pyrrole nitrogens is 1. The Kier molecular flexibility index (Phi) is 3.11. The van der Waals surface area contributed by atoms with Gasteiger partial charge in [-0.05, 0) is 47.2 Å². The lowest BCUT2D eigenvalue weighted by Gasteiger charge is -2.03. The summed E-state index contributed by atoms with van der Waals surface area (Å²) in [4.78, 5) is 7.87. The van der Waals surface area contributed by atoms with Gasteiger partial charge in [-0.3, -0.25) is 4.98 Å². The summed E-state index contributed by atoms with van der Waals surface area (Å²) < 4.78 is 6.77. The molecule has 0 spiro atoms. The molecule has 2 aromatic heterocycles. The standard InChI is InChI=1S/C14H13IN2O/c1-2-5-18-10-3-4-11-12(7-10)17-13-6-9(15)8-16-14(11)13/h3-4,6-8,17H,2,5H2,1H3. The molecule has 0 radical (unpaired) electrons. The molecule has 0 amide bonds. The molecule has 0 aliphatic rings. The minimum Gasteiger partial charge on any atom is -0.494 e. The molecule has 0 atom stereocenters. The zero-order valence-electron chi connectivity index (χ0n) is 10.0. The van der Waals surface area contributed by atoms with Crippen LogP contribution in [0.3, 0.4) is 0 Å². The molecule has 1 aromatic carbocycles. The number of halogens is 1. The molecule has 0 aliphatic heterocycles. The lowest BCUT2D eigenvalue weighted by Crippen LogP contribution is -1.94. The fraction of sp³-hybridized carbons (Fsp3) is 0.214. The van der Waals surface area contributed by atoms with E-state index in [1.54, 1.807) is 0 Å². The molecule has 0 fully saturated rings. The molecule has 0 unspecified atom stereocenters. The van der Waals surface area contributed by atoms with Crippen LogP contribution in [0.4, 0.5) is 0 Å². The maximum absolute atomic E-state index is 5.64. The number of rotatable bonds is 3. The molecule has 2 heterocycles. The Bertz CT molecular complexity index is 705. The lowest BCUT2D eigenvalue weighted by molar-refractivity contribution is 0.318. The van der Waals surface area contributed by atoms with Crippen LogP contribution in [0, 0.1) is 3.57 Å². The molecule has 3 nitrogen and oxygen atoms in total. The molecular weight excluding hydrogens is 339 g/mol. The number of aromatic nitrogens is 2. The Morgan fingerprint density at radius 3 is 3.00 bits per heavy atom. The van der Waals surface area contributed by atoms with E-state index in [1.165, 1.54) is 0 Å². The van der Waals surface area contributed by atoms with Crippen molar-refractivity contribution in [3.05, 3.63) is 34.0 Å². The summed E-state index contributed by atoms with van der Waals surface area (Å²) in [6, 6.07) is 8.22. The van der Waals surface area contributed by atoms with E-state index in [0.29, 0.717) is 0 Å².